The molecular weight excluding hydrogens is 308 g/mol. The maximum Gasteiger partial charge on any atom is 0.226 e. The molecule has 2 amide bonds. The summed E-state index contributed by atoms with van der Waals surface area (Å²) in [5.41, 5.74) is 0.756. The van der Waals surface area contributed by atoms with Crippen LogP contribution in [0, 0.1) is 5.92 Å². The number of aliphatic hydroxyl groups excluding tert-OH is 1. The Bertz CT molecular complexity index is 574. The quantitative estimate of drug-likeness (QED) is 0.736. The molecule has 2 fully saturated rings. The summed E-state index contributed by atoms with van der Waals surface area (Å²) in [6, 6.07) is 9.11. The average molecular weight is 332 g/mol. The number of benzene rings is 1. The van der Waals surface area contributed by atoms with Crippen molar-refractivity contribution in [3.05, 3.63) is 30.3 Å². The first-order chi connectivity index (χ1) is 11.7. The first kappa shape index (κ1) is 16.9. The summed E-state index contributed by atoms with van der Waals surface area (Å²) >= 11 is 0. The van der Waals surface area contributed by atoms with E-state index in [-0.39, 0.29) is 42.9 Å². The smallest absolute Gasteiger partial charge is 0.226 e. The Labute approximate surface area is 141 Å². The molecule has 1 aliphatic carbocycles. The molecule has 0 bridgehead atoms. The van der Waals surface area contributed by atoms with E-state index in [2.05, 4.69) is 10.6 Å². The average Bonchev–Trinajstić information content (AvgIpc) is 3.42. The van der Waals surface area contributed by atoms with Crippen LogP contribution in [0.2, 0.25) is 0 Å². The molecule has 1 heterocycles. The number of para-hydroxylation sites is 1. The first-order valence-electron chi connectivity index (χ1n) is 8.57. The second-order valence-electron chi connectivity index (χ2n) is 6.56. The fraction of sp³-hybridized carbons (Fsp3) is 0.556. The highest BCUT2D eigenvalue weighted by molar-refractivity contribution is 5.91. The van der Waals surface area contributed by atoms with E-state index in [4.69, 9.17) is 4.74 Å². The molecule has 1 saturated heterocycles. The van der Waals surface area contributed by atoms with E-state index in [1.165, 1.54) is 0 Å². The standard InChI is InChI=1S/C18H24N2O4/c21-11-16-15(20-18(23)12-6-7-12)9-8-14(24-16)10-17(22)19-13-4-2-1-3-5-13/h1-5,12,14-16,21H,6-11H2,(H,19,22)(H,20,23)/t14-,15-,16+/m0/s1. The molecule has 2 aliphatic rings. The molecule has 3 rings (SSSR count). The zero-order valence-corrected chi connectivity index (χ0v) is 13.6. The SMILES string of the molecule is O=C(C[C@@H]1CC[C@H](NC(=O)C2CC2)[C@@H](CO)O1)Nc1ccccc1. The van der Waals surface area contributed by atoms with Gasteiger partial charge in [0.1, 0.15) is 6.10 Å². The Morgan fingerprint density at radius 1 is 1.12 bits per heavy atom. The van der Waals surface area contributed by atoms with E-state index in [9.17, 15) is 14.7 Å². The minimum atomic E-state index is -0.448. The Kier molecular flexibility index (Phi) is 5.48. The Morgan fingerprint density at radius 2 is 1.88 bits per heavy atom. The van der Waals surface area contributed by atoms with E-state index in [0.29, 0.717) is 12.8 Å². The lowest BCUT2D eigenvalue weighted by Crippen LogP contribution is -2.51. The third-order valence-corrected chi connectivity index (χ3v) is 4.54. The summed E-state index contributed by atoms with van der Waals surface area (Å²) in [7, 11) is 0. The minimum Gasteiger partial charge on any atom is -0.394 e. The van der Waals surface area contributed by atoms with Crippen molar-refractivity contribution in [2.45, 2.75) is 50.4 Å². The van der Waals surface area contributed by atoms with Crippen LogP contribution in [-0.2, 0) is 14.3 Å². The number of rotatable bonds is 6. The van der Waals surface area contributed by atoms with Gasteiger partial charge in [0.2, 0.25) is 11.8 Å². The monoisotopic (exact) mass is 332 g/mol. The molecule has 130 valence electrons. The van der Waals surface area contributed by atoms with Crippen LogP contribution < -0.4 is 10.6 Å². The summed E-state index contributed by atoms with van der Waals surface area (Å²) in [5.74, 6) is 0.0874. The van der Waals surface area contributed by atoms with Gasteiger partial charge in [-0.3, -0.25) is 9.59 Å². The number of ether oxygens (including phenoxy) is 1. The number of aliphatic hydroxyl groups is 1. The van der Waals surface area contributed by atoms with Crippen LogP contribution in [0.3, 0.4) is 0 Å². The van der Waals surface area contributed by atoms with Crippen LogP contribution >= 0.6 is 0 Å². The van der Waals surface area contributed by atoms with E-state index in [1.807, 2.05) is 30.3 Å². The normalized spacial score (nSPS) is 26.6. The van der Waals surface area contributed by atoms with Crippen molar-refractivity contribution in [3.63, 3.8) is 0 Å². The molecule has 1 aromatic carbocycles. The lowest BCUT2D eigenvalue weighted by atomic mass is 9.96. The second kappa shape index (κ2) is 7.77. The van der Waals surface area contributed by atoms with E-state index in [1.54, 1.807) is 0 Å². The number of hydrogen-bond acceptors (Lipinski definition) is 4. The van der Waals surface area contributed by atoms with Gasteiger partial charge in [0, 0.05) is 11.6 Å². The largest absolute Gasteiger partial charge is 0.394 e. The van der Waals surface area contributed by atoms with Gasteiger partial charge >= 0.3 is 0 Å². The van der Waals surface area contributed by atoms with Gasteiger partial charge < -0.3 is 20.5 Å². The highest BCUT2D eigenvalue weighted by atomic mass is 16.5. The van der Waals surface area contributed by atoms with Crippen molar-refractivity contribution in [1.82, 2.24) is 5.32 Å². The van der Waals surface area contributed by atoms with Gasteiger partial charge in [0.25, 0.3) is 0 Å². The van der Waals surface area contributed by atoms with Crippen molar-refractivity contribution in [1.29, 1.82) is 0 Å². The summed E-state index contributed by atoms with van der Waals surface area (Å²) < 4.78 is 5.83. The number of anilines is 1. The van der Waals surface area contributed by atoms with Crippen molar-refractivity contribution < 1.29 is 19.4 Å². The molecule has 1 aliphatic heterocycles. The van der Waals surface area contributed by atoms with Gasteiger partial charge in [-0.2, -0.15) is 0 Å². The van der Waals surface area contributed by atoms with E-state index < -0.39 is 6.10 Å². The molecule has 0 spiro atoms. The van der Waals surface area contributed by atoms with Crippen molar-refractivity contribution in [3.8, 4) is 0 Å². The van der Waals surface area contributed by atoms with Gasteiger partial charge in [0.15, 0.2) is 0 Å². The Morgan fingerprint density at radius 3 is 2.54 bits per heavy atom. The van der Waals surface area contributed by atoms with E-state index >= 15 is 0 Å². The third-order valence-electron chi connectivity index (χ3n) is 4.54. The van der Waals surface area contributed by atoms with Crippen LogP contribution in [0.4, 0.5) is 5.69 Å². The molecule has 24 heavy (non-hydrogen) atoms. The van der Waals surface area contributed by atoms with Crippen LogP contribution in [-0.4, -0.2) is 41.8 Å². The fourth-order valence-electron chi connectivity index (χ4n) is 3.03. The van der Waals surface area contributed by atoms with Crippen LogP contribution in [0.25, 0.3) is 0 Å². The highest BCUT2D eigenvalue weighted by Gasteiger charge is 2.36. The zero-order chi connectivity index (χ0) is 16.9. The van der Waals surface area contributed by atoms with Crippen LogP contribution in [0.1, 0.15) is 32.1 Å². The Balaban J connectivity index is 1.47. The van der Waals surface area contributed by atoms with Gasteiger partial charge in [-0.15, -0.1) is 0 Å². The van der Waals surface area contributed by atoms with Gasteiger partial charge in [-0.05, 0) is 37.8 Å². The van der Waals surface area contributed by atoms with Crippen LogP contribution in [0.15, 0.2) is 30.3 Å². The topological polar surface area (TPSA) is 87.7 Å². The maximum absolute atomic E-state index is 12.1. The second-order valence-corrected chi connectivity index (χ2v) is 6.56. The number of amides is 2. The molecule has 1 saturated carbocycles. The third kappa shape index (κ3) is 4.55. The lowest BCUT2D eigenvalue weighted by molar-refractivity contribution is -0.134. The molecule has 6 heteroatoms. The number of nitrogens with one attached hydrogen (secondary N) is 2. The fourth-order valence-corrected chi connectivity index (χ4v) is 3.03. The number of hydrogen-bond donors (Lipinski definition) is 3. The van der Waals surface area contributed by atoms with E-state index in [0.717, 1.165) is 18.5 Å². The maximum atomic E-state index is 12.1. The summed E-state index contributed by atoms with van der Waals surface area (Å²) in [5, 5.41) is 15.3. The predicted molar refractivity (Wildman–Crippen MR) is 89.3 cm³/mol. The van der Waals surface area contributed by atoms with Gasteiger partial charge in [0.05, 0.1) is 25.2 Å². The number of carbonyl (C=O) groups excluding carboxylic acids is 2. The molecule has 3 atom stereocenters. The molecule has 1 aromatic rings. The highest BCUT2D eigenvalue weighted by Crippen LogP contribution is 2.30. The summed E-state index contributed by atoms with van der Waals surface area (Å²) in [6.07, 6.45) is 2.86. The van der Waals surface area contributed by atoms with Crippen molar-refractivity contribution >= 4 is 17.5 Å². The van der Waals surface area contributed by atoms with Gasteiger partial charge in [-0.25, -0.2) is 0 Å². The molecule has 6 nitrogen and oxygen atoms in total. The number of carbonyl (C=O) groups is 2. The zero-order valence-electron chi connectivity index (χ0n) is 13.6. The minimum absolute atomic E-state index is 0.0577. The first-order valence-corrected chi connectivity index (χ1v) is 8.57. The lowest BCUT2D eigenvalue weighted by Gasteiger charge is -2.36. The molecule has 0 radical (unpaired) electrons. The summed E-state index contributed by atoms with van der Waals surface area (Å²) in [6.45, 7) is -0.160. The van der Waals surface area contributed by atoms with Crippen molar-refractivity contribution in [2.24, 2.45) is 5.92 Å². The molecule has 0 unspecified atom stereocenters. The van der Waals surface area contributed by atoms with Gasteiger partial charge in [-0.1, -0.05) is 18.2 Å². The predicted octanol–water partition coefficient (Wildman–Crippen LogP) is 1.45. The molecular formula is C18H24N2O4. The molecule has 3 N–H and O–H groups in total. The summed E-state index contributed by atoms with van der Waals surface area (Å²) in [4.78, 5) is 24.0. The van der Waals surface area contributed by atoms with Crippen molar-refractivity contribution in [2.75, 3.05) is 11.9 Å². The Hall–Kier alpha value is -1.92. The molecule has 0 aromatic heterocycles. The van der Waals surface area contributed by atoms with Crippen LogP contribution in [0.5, 0.6) is 0 Å².